The van der Waals surface area contributed by atoms with Crippen LogP contribution in [0.4, 0.5) is 0 Å². The molecule has 1 aliphatic heterocycles. The van der Waals surface area contributed by atoms with Crippen molar-refractivity contribution in [3.05, 3.63) is 28.5 Å². The van der Waals surface area contributed by atoms with Crippen molar-refractivity contribution in [1.29, 1.82) is 0 Å². The smallest absolute Gasteiger partial charge is 0.0410 e. The lowest BCUT2D eigenvalue weighted by Crippen LogP contribution is -2.37. The maximum Gasteiger partial charge on any atom is 0.0410 e. The zero-order valence-electron chi connectivity index (χ0n) is 8.36. The first-order valence-electron chi connectivity index (χ1n) is 4.91. The van der Waals surface area contributed by atoms with Gasteiger partial charge in [-0.1, -0.05) is 0 Å². The molecule has 0 aliphatic carbocycles. The van der Waals surface area contributed by atoms with E-state index in [1.165, 1.54) is 5.56 Å². The summed E-state index contributed by atoms with van der Waals surface area (Å²) in [4.78, 5) is 6.46. The molecule has 0 saturated carbocycles. The van der Waals surface area contributed by atoms with Crippen LogP contribution in [0.3, 0.4) is 0 Å². The van der Waals surface area contributed by atoms with Crippen LogP contribution in [0.1, 0.15) is 5.56 Å². The Morgan fingerprint density at radius 3 is 2.80 bits per heavy atom. The molecule has 1 fully saturated rings. The molecule has 2 rings (SSSR count). The van der Waals surface area contributed by atoms with Gasteiger partial charge in [0.05, 0.1) is 0 Å². The van der Waals surface area contributed by atoms with Gasteiger partial charge in [0.15, 0.2) is 0 Å². The van der Waals surface area contributed by atoms with Crippen LogP contribution in [-0.4, -0.2) is 38.7 Å². The molecule has 2 heterocycles. The molecule has 1 saturated heterocycles. The Morgan fingerprint density at radius 2 is 2.13 bits per heavy atom. The minimum atomic E-state index is -0.590. The highest BCUT2D eigenvalue weighted by molar-refractivity contribution is 9.10. The van der Waals surface area contributed by atoms with Gasteiger partial charge >= 0.3 is 0 Å². The fourth-order valence-electron chi connectivity index (χ4n) is 1.63. The number of halogens is 1. The van der Waals surface area contributed by atoms with Gasteiger partial charge in [0.2, 0.25) is 0 Å². The Labute approximate surface area is 100 Å². The summed E-state index contributed by atoms with van der Waals surface area (Å²) in [6.07, 6.45) is 3.67. The van der Waals surface area contributed by atoms with E-state index in [4.69, 9.17) is 0 Å². The Bertz CT molecular complexity index is 362. The lowest BCUT2D eigenvalue weighted by atomic mass is 10.2. The third-order valence-electron chi connectivity index (χ3n) is 2.44. The van der Waals surface area contributed by atoms with Gasteiger partial charge in [0, 0.05) is 58.8 Å². The topological polar surface area (TPSA) is 33.2 Å². The SMILES string of the molecule is O=S1CCN(Cc2cncc(Br)c2)CC1. The molecule has 0 spiro atoms. The summed E-state index contributed by atoms with van der Waals surface area (Å²) in [5, 5.41) is 0. The minimum absolute atomic E-state index is 0.590. The average molecular weight is 289 g/mol. The van der Waals surface area contributed by atoms with Crippen LogP contribution in [0.5, 0.6) is 0 Å². The van der Waals surface area contributed by atoms with E-state index in [9.17, 15) is 4.21 Å². The van der Waals surface area contributed by atoms with Crippen molar-refractivity contribution in [3.63, 3.8) is 0 Å². The minimum Gasteiger partial charge on any atom is -0.297 e. The molecule has 15 heavy (non-hydrogen) atoms. The Hall–Kier alpha value is -0.260. The van der Waals surface area contributed by atoms with Crippen molar-refractivity contribution in [2.45, 2.75) is 6.54 Å². The van der Waals surface area contributed by atoms with E-state index in [-0.39, 0.29) is 0 Å². The summed E-state index contributed by atoms with van der Waals surface area (Å²) >= 11 is 3.41. The van der Waals surface area contributed by atoms with E-state index >= 15 is 0 Å². The Balaban J connectivity index is 1.94. The first-order valence-corrected chi connectivity index (χ1v) is 7.19. The van der Waals surface area contributed by atoms with Gasteiger partial charge in [-0.05, 0) is 27.6 Å². The number of hydrogen-bond donors (Lipinski definition) is 0. The summed E-state index contributed by atoms with van der Waals surface area (Å²) in [6, 6.07) is 2.08. The number of nitrogens with zero attached hydrogens (tertiary/aromatic N) is 2. The lowest BCUT2D eigenvalue weighted by Gasteiger charge is -2.25. The van der Waals surface area contributed by atoms with Crippen molar-refractivity contribution in [1.82, 2.24) is 9.88 Å². The molecule has 3 nitrogen and oxygen atoms in total. The second-order valence-corrected chi connectivity index (χ2v) is 6.25. The largest absolute Gasteiger partial charge is 0.297 e. The fraction of sp³-hybridized carbons (Fsp3) is 0.500. The summed E-state index contributed by atoms with van der Waals surface area (Å²) in [5.41, 5.74) is 1.21. The van der Waals surface area contributed by atoms with Gasteiger partial charge in [0.1, 0.15) is 0 Å². The van der Waals surface area contributed by atoms with Crippen LogP contribution in [0.2, 0.25) is 0 Å². The molecule has 5 heteroatoms. The maximum absolute atomic E-state index is 11.2. The Morgan fingerprint density at radius 1 is 1.40 bits per heavy atom. The summed E-state index contributed by atoms with van der Waals surface area (Å²) < 4.78 is 12.2. The first kappa shape index (κ1) is 11.2. The van der Waals surface area contributed by atoms with Gasteiger partial charge in [-0.2, -0.15) is 0 Å². The molecule has 1 aliphatic rings. The monoisotopic (exact) mass is 288 g/mol. The third-order valence-corrected chi connectivity index (χ3v) is 4.15. The molecule has 82 valence electrons. The molecular formula is C10H13BrN2OS. The molecule has 0 amide bonds. The normalized spacial score (nSPS) is 19.3. The van der Waals surface area contributed by atoms with Crippen molar-refractivity contribution in [3.8, 4) is 0 Å². The highest BCUT2D eigenvalue weighted by Crippen LogP contribution is 2.12. The second kappa shape index (κ2) is 5.18. The van der Waals surface area contributed by atoms with E-state index in [0.717, 1.165) is 35.6 Å². The number of rotatable bonds is 2. The molecule has 1 aromatic rings. The highest BCUT2D eigenvalue weighted by atomic mass is 79.9. The van der Waals surface area contributed by atoms with E-state index in [2.05, 4.69) is 31.9 Å². The van der Waals surface area contributed by atoms with Crippen molar-refractivity contribution in [2.75, 3.05) is 24.6 Å². The molecule has 0 bridgehead atoms. The predicted molar refractivity (Wildman–Crippen MR) is 65.1 cm³/mol. The average Bonchev–Trinajstić information content (AvgIpc) is 2.22. The zero-order valence-corrected chi connectivity index (χ0v) is 10.8. The first-order chi connectivity index (χ1) is 7.24. The molecule has 0 radical (unpaired) electrons. The molecular weight excluding hydrogens is 276 g/mol. The van der Waals surface area contributed by atoms with Crippen molar-refractivity contribution < 1.29 is 4.21 Å². The summed E-state index contributed by atoms with van der Waals surface area (Å²) in [7, 11) is -0.590. The maximum atomic E-state index is 11.2. The molecule has 1 aromatic heterocycles. The quantitative estimate of drug-likeness (QED) is 0.825. The van der Waals surface area contributed by atoms with E-state index < -0.39 is 10.8 Å². The van der Waals surface area contributed by atoms with Crippen LogP contribution in [0.15, 0.2) is 22.9 Å². The molecule has 0 unspecified atom stereocenters. The van der Waals surface area contributed by atoms with Gasteiger partial charge in [-0.15, -0.1) is 0 Å². The molecule has 0 N–H and O–H groups in total. The van der Waals surface area contributed by atoms with E-state index in [1.807, 2.05) is 6.20 Å². The van der Waals surface area contributed by atoms with Crippen LogP contribution in [-0.2, 0) is 17.3 Å². The number of hydrogen-bond acceptors (Lipinski definition) is 3. The molecule has 0 aromatic carbocycles. The molecule has 0 atom stereocenters. The third kappa shape index (κ3) is 3.36. The number of aromatic nitrogens is 1. The van der Waals surface area contributed by atoms with Crippen LogP contribution >= 0.6 is 15.9 Å². The summed E-state index contributed by atoms with van der Waals surface area (Å²) in [6.45, 7) is 2.77. The highest BCUT2D eigenvalue weighted by Gasteiger charge is 2.15. The van der Waals surface area contributed by atoms with Gasteiger partial charge in [-0.25, -0.2) is 0 Å². The fourth-order valence-corrected chi connectivity index (χ4v) is 3.17. The zero-order chi connectivity index (χ0) is 10.7. The van der Waals surface area contributed by atoms with Crippen LogP contribution < -0.4 is 0 Å². The standard InChI is InChI=1S/C10H13BrN2OS/c11-10-5-9(6-12-7-10)8-13-1-3-15(14)4-2-13/h5-7H,1-4,8H2. The van der Waals surface area contributed by atoms with Crippen LogP contribution in [0, 0.1) is 0 Å². The summed E-state index contributed by atoms with van der Waals surface area (Å²) in [5.74, 6) is 1.61. The van der Waals surface area contributed by atoms with E-state index in [1.54, 1.807) is 6.20 Å². The second-order valence-electron chi connectivity index (χ2n) is 3.64. The van der Waals surface area contributed by atoms with Gasteiger partial charge < -0.3 is 0 Å². The lowest BCUT2D eigenvalue weighted by molar-refractivity contribution is 0.291. The van der Waals surface area contributed by atoms with Gasteiger partial charge in [-0.3, -0.25) is 14.1 Å². The van der Waals surface area contributed by atoms with Crippen molar-refractivity contribution >= 4 is 26.7 Å². The van der Waals surface area contributed by atoms with Crippen LogP contribution in [0.25, 0.3) is 0 Å². The van der Waals surface area contributed by atoms with Crippen molar-refractivity contribution in [2.24, 2.45) is 0 Å². The van der Waals surface area contributed by atoms with Gasteiger partial charge in [0.25, 0.3) is 0 Å². The van der Waals surface area contributed by atoms with E-state index in [0.29, 0.717) is 0 Å². The predicted octanol–water partition coefficient (Wildman–Crippen LogP) is 1.41. The Kier molecular flexibility index (Phi) is 3.88. The number of pyridine rings is 1.